The van der Waals surface area contributed by atoms with Crippen LogP contribution in [0.4, 0.5) is 0 Å². The molecular weight excluding hydrogens is 428 g/mol. The number of methoxy groups -OCH3 is 1. The number of esters is 1. The van der Waals surface area contributed by atoms with Crippen molar-refractivity contribution in [3.63, 3.8) is 0 Å². The summed E-state index contributed by atoms with van der Waals surface area (Å²) in [7, 11) is 1.45. The van der Waals surface area contributed by atoms with Gasteiger partial charge in [0, 0.05) is 19.6 Å². The van der Waals surface area contributed by atoms with Crippen LogP contribution in [0.3, 0.4) is 0 Å². The summed E-state index contributed by atoms with van der Waals surface area (Å²) < 4.78 is 15.6. The summed E-state index contributed by atoms with van der Waals surface area (Å²) in [4.78, 5) is 22.8. The van der Waals surface area contributed by atoms with Crippen molar-refractivity contribution in [2.75, 3.05) is 33.5 Å². The van der Waals surface area contributed by atoms with Gasteiger partial charge in [-0.05, 0) is 44.9 Å². The van der Waals surface area contributed by atoms with Crippen molar-refractivity contribution in [1.29, 1.82) is 0 Å². The summed E-state index contributed by atoms with van der Waals surface area (Å²) in [5.74, 6) is -0.0440. The summed E-state index contributed by atoms with van der Waals surface area (Å²) in [6.07, 6.45) is 26.6. The summed E-state index contributed by atoms with van der Waals surface area (Å²) in [5.41, 5.74) is 0. The van der Waals surface area contributed by atoms with Crippen LogP contribution in [0.25, 0.3) is 0 Å². The number of unbranched alkanes of at least 4 members (excludes halogenated alkanes) is 15. The number of carbonyl (C=O) groups is 2. The van der Waals surface area contributed by atoms with Crippen molar-refractivity contribution in [2.45, 2.75) is 129 Å². The van der Waals surface area contributed by atoms with E-state index in [4.69, 9.17) is 9.47 Å². The Morgan fingerprint density at radius 3 is 1.53 bits per heavy atom. The minimum atomic E-state index is -0.0974. The van der Waals surface area contributed by atoms with Gasteiger partial charge in [-0.15, -0.1) is 0 Å². The van der Waals surface area contributed by atoms with Gasteiger partial charge in [-0.1, -0.05) is 89.7 Å². The van der Waals surface area contributed by atoms with Gasteiger partial charge >= 0.3 is 5.97 Å². The maximum atomic E-state index is 11.7. The van der Waals surface area contributed by atoms with Crippen LogP contribution in [-0.2, 0) is 23.8 Å². The first kappa shape index (κ1) is 32.8. The molecule has 0 fully saturated rings. The lowest BCUT2D eigenvalue weighted by molar-refractivity contribution is -0.140. The van der Waals surface area contributed by atoms with Crippen molar-refractivity contribution in [3.8, 4) is 0 Å². The third kappa shape index (κ3) is 27.0. The second-order valence-corrected chi connectivity index (χ2v) is 9.32. The summed E-state index contributed by atoms with van der Waals surface area (Å²) in [5, 5.41) is 0. The number of allylic oxidation sites excluding steroid dienone is 2. The van der Waals surface area contributed by atoms with Gasteiger partial charge in [-0.2, -0.15) is 0 Å². The Balaban J connectivity index is 3.21. The molecule has 5 nitrogen and oxygen atoms in total. The van der Waals surface area contributed by atoms with E-state index in [9.17, 15) is 9.59 Å². The monoisotopic (exact) mass is 482 g/mol. The number of ketones is 1. The van der Waals surface area contributed by atoms with Crippen molar-refractivity contribution >= 4 is 11.8 Å². The highest BCUT2D eigenvalue weighted by Crippen LogP contribution is 2.10. The molecule has 0 unspecified atom stereocenters. The maximum absolute atomic E-state index is 11.7. The molecular formula is C29H54O5. The smallest absolute Gasteiger partial charge is 0.305 e. The number of hydrogen-bond donors (Lipinski definition) is 0. The molecule has 0 radical (unpaired) electrons. The minimum Gasteiger partial charge on any atom is -0.469 e. The Labute approximate surface area is 210 Å². The molecule has 0 aliphatic heterocycles. The third-order valence-electron chi connectivity index (χ3n) is 5.97. The highest BCUT2D eigenvalue weighted by molar-refractivity contribution is 5.80. The van der Waals surface area contributed by atoms with Gasteiger partial charge < -0.3 is 14.2 Å². The molecule has 5 heteroatoms. The van der Waals surface area contributed by atoms with Crippen molar-refractivity contribution in [2.24, 2.45) is 0 Å². The Morgan fingerprint density at radius 1 is 0.588 bits per heavy atom. The van der Waals surface area contributed by atoms with E-state index in [1.54, 1.807) is 0 Å². The van der Waals surface area contributed by atoms with Gasteiger partial charge in [0.15, 0.2) is 5.78 Å². The molecule has 0 aliphatic rings. The van der Waals surface area contributed by atoms with E-state index in [0.717, 1.165) is 32.1 Å². The standard InChI is InChI=1S/C29H54O5/c1-3-4-5-6-18-21-24-33-26-28(30)27-34-25-22-19-16-14-12-10-8-7-9-11-13-15-17-20-23-29(31)32-2/h7,9H,3-6,8,10-27H2,1-2H3. The number of rotatable bonds is 27. The van der Waals surface area contributed by atoms with Gasteiger partial charge in [-0.25, -0.2) is 0 Å². The van der Waals surface area contributed by atoms with Crippen LogP contribution in [0.15, 0.2) is 12.2 Å². The molecule has 0 spiro atoms. The molecule has 0 aromatic heterocycles. The van der Waals surface area contributed by atoms with Crippen LogP contribution in [-0.4, -0.2) is 45.3 Å². The van der Waals surface area contributed by atoms with Crippen LogP contribution in [0, 0.1) is 0 Å². The van der Waals surface area contributed by atoms with Crippen LogP contribution in [0.1, 0.15) is 129 Å². The molecule has 0 bridgehead atoms. The predicted molar refractivity (Wildman–Crippen MR) is 141 cm³/mol. The number of ether oxygens (including phenoxy) is 3. The lowest BCUT2D eigenvalue weighted by atomic mass is 10.1. The Morgan fingerprint density at radius 2 is 1.03 bits per heavy atom. The Bertz CT molecular complexity index is 475. The van der Waals surface area contributed by atoms with E-state index in [-0.39, 0.29) is 25.0 Å². The SMILES string of the molecule is CCCCCCCCOCC(=O)COCCCCCCCCC=CCCCCCCC(=O)OC. The quantitative estimate of drug-likeness (QED) is 0.0680. The Hall–Kier alpha value is -1.20. The molecule has 0 atom stereocenters. The van der Waals surface area contributed by atoms with Crippen LogP contribution in [0.5, 0.6) is 0 Å². The molecule has 34 heavy (non-hydrogen) atoms. The van der Waals surface area contributed by atoms with Crippen LogP contribution >= 0.6 is 0 Å². The normalized spacial score (nSPS) is 11.4. The predicted octanol–water partition coefficient (Wildman–Crippen LogP) is 7.75. The van der Waals surface area contributed by atoms with Crippen LogP contribution in [0.2, 0.25) is 0 Å². The van der Waals surface area contributed by atoms with E-state index in [2.05, 4.69) is 23.8 Å². The maximum Gasteiger partial charge on any atom is 0.305 e. The molecule has 0 aliphatic carbocycles. The van der Waals surface area contributed by atoms with Gasteiger partial charge in [0.1, 0.15) is 13.2 Å². The van der Waals surface area contributed by atoms with Gasteiger partial charge in [0.25, 0.3) is 0 Å². The number of hydrogen-bond acceptors (Lipinski definition) is 5. The molecule has 0 amide bonds. The molecule has 0 saturated carbocycles. The zero-order valence-corrected chi connectivity index (χ0v) is 22.5. The van der Waals surface area contributed by atoms with Crippen molar-refractivity contribution < 1.29 is 23.8 Å². The fourth-order valence-electron chi connectivity index (χ4n) is 3.79. The first-order chi connectivity index (χ1) is 16.7. The topological polar surface area (TPSA) is 61.8 Å². The summed E-state index contributed by atoms with van der Waals surface area (Å²) in [6.45, 7) is 3.97. The highest BCUT2D eigenvalue weighted by Gasteiger charge is 2.02. The average molecular weight is 483 g/mol. The molecule has 0 aromatic rings. The summed E-state index contributed by atoms with van der Waals surface area (Å²) >= 11 is 0. The van der Waals surface area contributed by atoms with Crippen LogP contribution < -0.4 is 0 Å². The van der Waals surface area contributed by atoms with Gasteiger partial charge in [0.05, 0.1) is 7.11 Å². The first-order valence-corrected chi connectivity index (χ1v) is 14.1. The lowest BCUT2D eigenvalue weighted by Gasteiger charge is -2.05. The summed E-state index contributed by atoms with van der Waals surface area (Å²) in [6, 6.07) is 0. The minimum absolute atomic E-state index is 0.0533. The molecule has 0 N–H and O–H groups in total. The van der Waals surface area contributed by atoms with Gasteiger partial charge in [0.2, 0.25) is 0 Å². The molecule has 0 aromatic carbocycles. The van der Waals surface area contributed by atoms with E-state index in [0.29, 0.717) is 19.6 Å². The lowest BCUT2D eigenvalue weighted by Crippen LogP contribution is -2.16. The van der Waals surface area contributed by atoms with E-state index in [1.165, 1.54) is 90.6 Å². The largest absolute Gasteiger partial charge is 0.469 e. The van der Waals surface area contributed by atoms with Crippen molar-refractivity contribution in [3.05, 3.63) is 12.2 Å². The second kappa shape index (κ2) is 28.0. The average Bonchev–Trinajstić information content (AvgIpc) is 2.84. The van der Waals surface area contributed by atoms with E-state index >= 15 is 0 Å². The first-order valence-electron chi connectivity index (χ1n) is 14.1. The highest BCUT2D eigenvalue weighted by atomic mass is 16.5. The molecule has 0 saturated heterocycles. The molecule has 200 valence electrons. The second-order valence-electron chi connectivity index (χ2n) is 9.32. The van der Waals surface area contributed by atoms with E-state index < -0.39 is 0 Å². The van der Waals surface area contributed by atoms with Gasteiger partial charge in [-0.3, -0.25) is 9.59 Å². The number of Topliss-reactive ketones (excluding diaryl/α,β-unsaturated/α-hetero) is 1. The zero-order valence-electron chi connectivity index (χ0n) is 22.5. The van der Waals surface area contributed by atoms with Crippen molar-refractivity contribution in [1.82, 2.24) is 0 Å². The Kier molecular flexibility index (Phi) is 27.1. The molecule has 0 rings (SSSR count). The fourth-order valence-corrected chi connectivity index (χ4v) is 3.79. The fraction of sp³-hybridized carbons (Fsp3) is 0.862. The zero-order chi connectivity index (χ0) is 25.0. The third-order valence-corrected chi connectivity index (χ3v) is 5.97. The van der Waals surface area contributed by atoms with E-state index in [1.807, 2.05) is 0 Å². The molecule has 0 heterocycles. The number of carbonyl (C=O) groups excluding carboxylic acids is 2.